The number of anilines is 2. The van der Waals surface area contributed by atoms with Crippen molar-refractivity contribution < 1.29 is 19.1 Å². The second-order valence-corrected chi connectivity index (χ2v) is 5.33. The Morgan fingerprint density at radius 3 is 1.88 bits per heavy atom. The lowest BCUT2D eigenvalue weighted by Crippen LogP contribution is -2.13. The number of ether oxygens (including phenoxy) is 2. The molecule has 7 heteroatoms. The summed E-state index contributed by atoms with van der Waals surface area (Å²) >= 11 is 5.82. The number of hydrogen-bond acceptors (Lipinski definition) is 4. The van der Waals surface area contributed by atoms with Crippen LogP contribution in [0.3, 0.4) is 0 Å². The van der Waals surface area contributed by atoms with Crippen LogP contribution in [-0.4, -0.2) is 26.0 Å². The zero-order valence-electron chi connectivity index (χ0n) is 13.5. The summed E-state index contributed by atoms with van der Waals surface area (Å²) in [7, 11) is 2.94. The van der Waals surface area contributed by atoms with Gasteiger partial charge in [-0.15, -0.1) is 0 Å². The summed E-state index contributed by atoms with van der Waals surface area (Å²) in [6.45, 7) is 1.39. The molecule has 0 aromatic heterocycles. The van der Waals surface area contributed by atoms with Gasteiger partial charge in [-0.25, -0.2) is 0 Å². The molecule has 0 radical (unpaired) electrons. The van der Waals surface area contributed by atoms with E-state index in [0.29, 0.717) is 33.5 Å². The fraction of sp³-hybridized carbons (Fsp3) is 0.176. The first-order chi connectivity index (χ1) is 11.4. The summed E-state index contributed by atoms with van der Waals surface area (Å²) in [6.07, 6.45) is 0. The minimum atomic E-state index is -0.320. The smallest absolute Gasteiger partial charge is 0.255 e. The van der Waals surface area contributed by atoms with Gasteiger partial charge in [-0.2, -0.15) is 0 Å². The number of benzene rings is 2. The molecular formula is C17H17ClN2O4. The molecule has 2 rings (SSSR count). The largest absolute Gasteiger partial charge is 0.494 e. The van der Waals surface area contributed by atoms with Crippen LogP contribution in [-0.2, 0) is 4.79 Å². The van der Waals surface area contributed by atoms with Crippen LogP contribution >= 0.6 is 11.6 Å². The maximum absolute atomic E-state index is 12.3. The third-order valence-electron chi connectivity index (χ3n) is 3.19. The van der Waals surface area contributed by atoms with Gasteiger partial charge in [0, 0.05) is 29.6 Å². The minimum absolute atomic E-state index is 0.242. The molecule has 0 saturated heterocycles. The number of carbonyl (C=O) groups excluding carboxylic acids is 2. The third-order valence-corrected chi connectivity index (χ3v) is 3.44. The Hall–Kier alpha value is -2.73. The van der Waals surface area contributed by atoms with Crippen LogP contribution in [0.25, 0.3) is 0 Å². The van der Waals surface area contributed by atoms with Crippen LogP contribution in [0.1, 0.15) is 17.3 Å². The first kappa shape index (κ1) is 17.6. The van der Waals surface area contributed by atoms with Crippen molar-refractivity contribution in [2.24, 2.45) is 0 Å². The van der Waals surface area contributed by atoms with Gasteiger partial charge < -0.3 is 20.1 Å². The molecule has 0 unspecified atom stereocenters. The maximum Gasteiger partial charge on any atom is 0.255 e. The second-order valence-electron chi connectivity index (χ2n) is 4.89. The molecule has 2 aromatic rings. The fourth-order valence-corrected chi connectivity index (χ4v) is 2.20. The van der Waals surface area contributed by atoms with Gasteiger partial charge in [0.15, 0.2) is 0 Å². The molecule has 0 bridgehead atoms. The lowest BCUT2D eigenvalue weighted by Gasteiger charge is -2.15. The zero-order chi connectivity index (χ0) is 17.7. The van der Waals surface area contributed by atoms with Crippen LogP contribution in [0.5, 0.6) is 11.5 Å². The molecule has 0 fully saturated rings. The first-order valence-electron chi connectivity index (χ1n) is 7.05. The summed E-state index contributed by atoms with van der Waals surface area (Å²) in [5.74, 6) is 0.229. The van der Waals surface area contributed by atoms with Crippen molar-refractivity contribution in [3.8, 4) is 11.5 Å². The number of carbonyl (C=O) groups is 2. The van der Waals surface area contributed by atoms with Crippen molar-refractivity contribution in [1.29, 1.82) is 0 Å². The standard InChI is InChI=1S/C17H17ClN2O4/c1-10(21)19-13-8-16(24-3)14(9-15(13)23-2)20-17(22)11-4-6-12(18)7-5-11/h4-9H,1-3H3,(H,19,21)(H,20,22). The minimum Gasteiger partial charge on any atom is -0.494 e. The van der Waals surface area contributed by atoms with Crippen LogP contribution < -0.4 is 20.1 Å². The number of nitrogens with one attached hydrogen (secondary N) is 2. The van der Waals surface area contributed by atoms with Crippen LogP contribution in [0.2, 0.25) is 5.02 Å². The molecule has 6 nitrogen and oxygen atoms in total. The van der Waals surface area contributed by atoms with Gasteiger partial charge in [0.25, 0.3) is 5.91 Å². The van der Waals surface area contributed by atoms with Crippen LogP contribution in [0.15, 0.2) is 36.4 Å². The predicted octanol–water partition coefficient (Wildman–Crippen LogP) is 3.57. The van der Waals surface area contributed by atoms with Gasteiger partial charge in [-0.05, 0) is 24.3 Å². The highest BCUT2D eigenvalue weighted by Crippen LogP contribution is 2.36. The van der Waals surface area contributed by atoms with E-state index in [1.165, 1.54) is 21.1 Å². The van der Waals surface area contributed by atoms with E-state index in [4.69, 9.17) is 21.1 Å². The highest BCUT2D eigenvalue weighted by Gasteiger charge is 2.15. The second kappa shape index (κ2) is 7.70. The summed E-state index contributed by atoms with van der Waals surface area (Å²) < 4.78 is 10.5. The molecule has 24 heavy (non-hydrogen) atoms. The summed E-state index contributed by atoms with van der Waals surface area (Å²) in [5, 5.41) is 5.95. The SMILES string of the molecule is COc1cc(NC(=O)c2ccc(Cl)cc2)c(OC)cc1NC(C)=O. The summed E-state index contributed by atoms with van der Waals surface area (Å²) in [5.41, 5.74) is 1.32. The highest BCUT2D eigenvalue weighted by atomic mass is 35.5. The van der Waals surface area contributed by atoms with E-state index in [9.17, 15) is 9.59 Å². The number of methoxy groups -OCH3 is 2. The third kappa shape index (κ3) is 4.17. The Kier molecular flexibility index (Phi) is 5.65. The van der Waals surface area contributed by atoms with Gasteiger partial charge in [-0.1, -0.05) is 11.6 Å². The molecule has 0 saturated carbocycles. The zero-order valence-corrected chi connectivity index (χ0v) is 14.2. The molecular weight excluding hydrogens is 332 g/mol. The monoisotopic (exact) mass is 348 g/mol. The van der Waals surface area contributed by atoms with Crippen molar-refractivity contribution in [1.82, 2.24) is 0 Å². The van der Waals surface area contributed by atoms with Crippen LogP contribution in [0.4, 0.5) is 11.4 Å². The highest BCUT2D eigenvalue weighted by molar-refractivity contribution is 6.30. The van der Waals surface area contributed by atoms with Crippen LogP contribution in [0, 0.1) is 0 Å². The number of hydrogen-bond donors (Lipinski definition) is 2. The van der Waals surface area contributed by atoms with Gasteiger partial charge in [-0.3, -0.25) is 9.59 Å². The molecule has 0 aliphatic carbocycles. The van der Waals surface area contributed by atoms with E-state index in [-0.39, 0.29) is 11.8 Å². The lowest BCUT2D eigenvalue weighted by molar-refractivity contribution is -0.114. The molecule has 2 amide bonds. The van der Waals surface area contributed by atoms with Gasteiger partial charge in [0.1, 0.15) is 11.5 Å². The van der Waals surface area contributed by atoms with Crippen molar-refractivity contribution >= 4 is 34.8 Å². The van der Waals surface area contributed by atoms with E-state index >= 15 is 0 Å². The van der Waals surface area contributed by atoms with Gasteiger partial charge in [0.2, 0.25) is 5.91 Å². The fourth-order valence-electron chi connectivity index (χ4n) is 2.08. The molecule has 126 valence electrons. The first-order valence-corrected chi connectivity index (χ1v) is 7.43. The molecule has 2 N–H and O–H groups in total. The normalized spacial score (nSPS) is 10.0. The Bertz CT molecular complexity index is 760. The lowest BCUT2D eigenvalue weighted by atomic mass is 10.2. The molecule has 2 aromatic carbocycles. The molecule has 0 heterocycles. The van der Waals surface area contributed by atoms with E-state index in [1.807, 2.05) is 0 Å². The predicted molar refractivity (Wildman–Crippen MR) is 93.3 cm³/mol. The molecule has 0 spiro atoms. The average Bonchev–Trinajstić information content (AvgIpc) is 2.55. The number of halogens is 1. The number of amides is 2. The van der Waals surface area contributed by atoms with Crippen molar-refractivity contribution in [2.75, 3.05) is 24.9 Å². The van der Waals surface area contributed by atoms with E-state index in [0.717, 1.165) is 0 Å². The topological polar surface area (TPSA) is 76.7 Å². The van der Waals surface area contributed by atoms with Crippen molar-refractivity contribution in [3.05, 3.63) is 47.0 Å². The molecule has 0 atom stereocenters. The Morgan fingerprint density at radius 2 is 1.42 bits per heavy atom. The van der Waals surface area contributed by atoms with Crippen molar-refractivity contribution in [2.45, 2.75) is 6.92 Å². The summed E-state index contributed by atoms with van der Waals surface area (Å²) in [6, 6.07) is 9.66. The van der Waals surface area contributed by atoms with Crippen molar-refractivity contribution in [3.63, 3.8) is 0 Å². The quantitative estimate of drug-likeness (QED) is 0.866. The Balaban J connectivity index is 2.33. The van der Waals surface area contributed by atoms with Gasteiger partial charge >= 0.3 is 0 Å². The number of rotatable bonds is 5. The Morgan fingerprint density at radius 1 is 0.917 bits per heavy atom. The van der Waals surface area contributed by atoms with E-state index in [2.05, 4.69) is 10.6 Å². The Labute approximate surface area is 144 Å². The maximum atomic E-state index is 12.3. The van der Waals surface area contributed by atoms with Gasteiger partial charge in [0.05, 0.1) is 25.6 Å². The van der Waals surface area contributed by atoms with E-state index in [1.54, 1.807) is 36.4 Å². The van der Waals surface area contributed by atoms with E-state index < -0.39 is 0 Å². The summed E-state index contributed by atoms with van der Waals surface area (Å²) in [4.78, 5) is 23.6. The molecule has 0 aliphatic heterocycles. The average molecular weight is 349 g/mol. The molecule has 0 aliphatic rings.